The molecule has 0 aromatic heterocycles. The van der Waals surface area contributed by atoms with E-state index in [1.807, 2.05) is 13.8 Å². The minimum absolute atomic E-state index is 0.0724. The number of likely N-dealkylation sites (tertiary alicyclic amines) is 1. The second kappa shape index (κ2) is 8.82. The number of halogens is 4. The molecule has 0 spiro atoms. The Labute approximate surface area is 161 Å². The summed E-state index contributed by atoms with van der Waals surface area (Å²) >= 11 is 6.03. The lowest BCUT2D eigenvalue weighted by molar-refractivity contribution is -0.137. The van der Waals surface area contributed by atoms with E-state index in [4.69, 9.17) is 11.6 Å². The summed E-state index contributed by atoms with van der Waals surface area (Å²) in [7, 11) is 0. The highest BCUT2D eigenvalue weighted by atomic mass is 35.5. The molecule has 2 amide bonds. The normalized spacial score (nSPS) is 20.3. The van der Waals surface area contributed by atoms with Gasteiger partial charge in [0.05, 0.1) is 12.1 Å². The quantitative estimate of drug-likeness (QED) is 0.782. The largest absolute Gasteiger partial charge is 0.405 e. The zero-order valence-electron chi connectivity index (χ0n) is 15.2. The van der Waals surface area contributed by atoms with Gasteiger partial charge < -0.3 is 15.5 Å². The molecule has 0 unspecified atom stereocenters. The average molecular weight is 406 g/mol. The van der Waals surface area contributed by atoms with Crippen LogP contribution in [0.25, 0.3) is 0 Å². The summed E-state index contributed by atoms with van der Waals surface area (Å²) in [4.78, 5) is 26.5. The first kappa shape index (κ1) is 21.3. The van der Waals surface area contributed by atoms with Gasteiger partial charge in [-0.2, -0.15) is 13.2 Å². The maximum Gasteiger partial charge on any atom is 0.405 e. The summed E-state index contributed by atoms with van der Waals surface area (Å²) in [5.74, 6) is -1.03. The van der Waals surface area contributed by atoms with Crippen molar-refractivity contribution < 1.29 is 22.8 Å². The lowest BCUT2D eigenvalue weighted by Gasteiger charge is -2.39. The molecule has 0 aliphatic carbocycles. The lowest BCUT2D eigenvalue weighted by Crippen LogP contribution is -2.47. The third kappa shape index (κ3) is 6.02. The van der Waals surface area contributed by atoms with Crippen LogP contribution in [0.1, 0.15) is 43.5 Å². The number of carbonyl (C=O) groups is 2. The van der Waals surface area contributed by atoms with Crippen molar-refractivity contribution in [2.24, 2.45) is 0 Å². The van der Waals surface area contributed by atoms with Gasteiger partial charge in [0, 0.05) is 22.8 Å². The number of alkyl halides is 3. The van der Waals surface area contributed by atoms with Crippen LogP contribution in [0.5, 0.6) is 0 Å². The molecule has 0 saturated carbocycles. The third-order valence-corrected chi connectivity index (χ3v) is 4.80. The number of amides is 2. The molecule has 150 valence electrons. The van der Waals surface area contributed by atoms with Crippen LogP contribution in [0.3, 0.4) is 0 Å². The molecule has 1 heterocycles. The van der Waals surface area contributed by atoms with Crippen LogP contribution in [0.4, 0.5) is 18.9 Å². The van der Waals surface area contributed by atoms with Gasteiger partial charge in [-0.15, -0.1) is 0 Å². The highest BCUT2D eigenvalue weighted by Crippen LogP contribution is 2.28. The standard InChI is InChI=1S/C18H23ClF3N3O2/c1-11-4-3-5-12(2)25(11)17(27)14-8-13(19)6-7-15(14)23-9-16(26)24-10-18(20,21)22/h6-8,11-12,23H,3-5,9-10H2,1-2H3,(H,24,26)/t11-,12+. The molecule has 1 fully saturated rings. The van der Waals surface area contributed by atoms with E-state index in [0.717, 1.165) is 19.3 Å². The van der Waals surface area contributed by atoms with E-state index < -0.39 is 18.6 Å². The maximum absolute atomic E-state index is 13.1. The van der Waals surface area contributed by atoms with Crippen molar-refractivity contribution in [1.29, 1.82) is 0 Å². The van der Waals surface area contributed by atoms with Crippen LogP contribution >= 0.6 is 11.6 Å². The van der Waals surface area contributed by atoms with Gasteiger partial charge in [-0.3, -0.25) is 9.59 Å². The van der Waals surface area contributed by atoms with Gasteiger partial charge in [-0.05, 0) is 51.3 Å². The first-order chi connectivity index (χ1) is 12.6. The Balaban J connectivity index is 2.12. The molecule has 2 atom stereocenters. The summed E-state index contributed by atoms with van der Waals surface area (Å²) < 4.78 is 36.5. The summed E-state index contributed by atoms with van der Waals surface area (Å²) in [5.41, 5.74) is 0.656. The summed E-state index contributed by atoms with van der Waals surface area (Å²) in [6.45, 7) is 2.18. The molecular formula is C18H23ClF3N3O2. The number of hydrogen-bond acceptors (Lipinski definition) is 3. The Hall–Kier alpha value is -1.96. The van der Waals surface area contributed by atoms with Crippen molar-refractivity contribution in [2.45, 2.75) is 51.4 Å². The highest BCUT2D eigenvalue weighted by Gasteiger charge is 2.31. The fraction of sp³-hybridized carbons (Fsp3) is 0.556. The maximum atomic E-state index is 13.1. The summed E-state index contributed by atoms with van der Waals surface area (Å²) in [6.07, 6.45) is -1.62. The molecule has 5 nitrogen and oxygen atoms in total. The monoisotopic (exact) mass is 405 g/mol. The number of benzene rings is 1. The Morgan fingerprint density at radius 3 is 2.44 bits per heavy atom. The van der Waals surface area contributed by atoms with Crippen LogP contribution in [-0.2, 0) is 4.79 Å². The van der Waals surface area contributed by atoms with E-state index in [1.165, 1.54) is 6.07 Å². The average Bonchev–Trinajstić information content (AvgIpc) is 2.58. The molecule has 2 rings (SSSR count). The topological polar surface area (TPSA) is 61.4 Å². The number of carbonyl (C=O) groups excluding carboxylic acids is 2. The zero-order valence-corrected chi connectivity index (χ0v) is 16.0. The first-order valence-electron chi connectivity index (χ1n) is 8.78. The molecule has 1 aromatic carbocycles. The van der Waals surface area contributed by atoms with Crippen LogP contribution in [0, 0.1) is 0 Å². The Morgan fingerprint density at radius 2 is 1.85 bits per heavy atom. The van der Waals surface area contributed by atoms with Crippen LogP contribution < -0.4 is 10.6 Å². The molecule has 1 aliphatic heterocycles. The van der Waals surface area contributed by atoms with Crippen molar-refractivity contribution in [2.75, 3.05) is 18.4 Å². The van der Waals surface area contributed by atoms with Gasteiger partial charge in [-0.1, -0.05) is 11.6 Å². The van der Waals surface area contributed by atoms with E-state index in [-0.39, 0.29) is 24.5 Å². The molecular weight excluding hydrogens is 383 g/mol. The van der Waals surface area contributed by atoms with E-state index in [2.05, 4.69) is 5.32 Å². The summed E-state index contributed by atoms with van der Waals surface area (Å²) in [6, 6.07) is 4.75. The fourth-order valence-electron chi connectivity index (χ4n) is 3.25. The van der Waals surface area contributed by atoms with E-state index in [0.29, 0.717) is 16.3 Å². The number of nitrogens with one attached hydrogen (secondary N) is 2. The van der Waals surface area contributed by atoms with E-state index in [1.54, 1.807) is 22.3 Å². The summed E-state index contributed by atoms with van der Waals surface area (Å²) in [5, 5.41) is 4.89. The smallest absolute Gasteiger partial charge is 0.376 e. The van der Waals surface area contributed by atoms with Crippen molar-refractivity contribution in [1.82, 2.24) is 10.2 Å². The van der Waals surface area contributed by atoms with Gasteiger partial charge in [-0.25, -0.2) is 0 Å². The molecule has 1 aromatic rings. The number of nitrogens with zero attached hydrogens (tertiary/aromatic N) is 1. The predicted molar refractivity (Wildman–Crippen MR) is 98.0 cm³/mol. The Kier molecular flexibility index (Phi) is 6.97. The van der Waals surface area contributed by atoms with Crippen LogP contribution in [0.2, 0.25) is 5.02 Å². The molecule has 0 bridgehead atoms. The Morgan fingerprint density at radius 1 is 1.22 bits per heavy atom. The SMILES string of the molecule is C[C@@H]1CCC[C@H](C)N1C(=O)c1cc(Cl)ccc1NCC(=O)NCC(F)(F)F. The number of hydrogen-bond donors (Lipinski definition) is 2. The number of anilines is 1. The zero-order chi connectivity index (χ0) is 20.2. The van der Waals surface area contributed by atoms with Gasteiger partial charge >= 0.3 is 6.18 Å². The first-order valence-corrected chi connectivity index (χ1v) is 9.16. The van der Waals surface area contributed by atoms with Crippen LogP contribution in [-0.4, -0.2) is 48.1 Å². The number of rotatable bonds is 5. The van der Waals surface area contributed by atoms with Gasteiger partial charge in [0.1, 0.15) is 6.54 Å². The molecule has 2 N–H and O–H groups in total. The second-order valence-electron chi connectivity index (χ2n) is 6.78. The molecule has 0 radical (unpaired) electrons. The lowest BCUT2D eigenvalue weighted by atomic mass is 9.96. The third-order valence-electron chi connectivity index (χ3n) is 4.57. The van der Waals surface area contributed by atoms with Crippen molar-refractivity contribution >= 4 is 29.1 Å². The van der Waals surface area contributed by atoms with E-state index >= 15 is 0 Å². The minimum Gasteiger partial charge on any atom is -0.376 e. The molecule has 9 heteroatoms. The van der Waals surface area contributed by atoms with E-state index in [9.17, 15) is 22.8 Å². The van der Waals surface area contributed by atoms with Crippen molar-refractivity contribution in [3.63, 3.8) is 0 Å². The van der Waals surface area contributed by atoms with Crippen LogP contribution in [0.15, 0.2) is 18.2 Å². The minimum atomic E-state index is -4.47. The van der Waals surface area contributed by atoms with Gasteiger partial charge in [0.15, 0.2) is 0 Å². The predicted octanol–water partition coefficient (Wildman–Crippen LogP) is 3.83. The molecule has 27 heavy (non-hydrogen) atoms. The second-order valence-corrected chi connectivity index (χ2v) is 7.21. The molecule has 1 aliphatic rings. The van der Waals surface area contributed by atoms with Crippen molar-refractivity contribution in [3.05, 3.63) is 28.8 Å². The molecule has 1 saturated heterocycles. The fourth-order valence-corrected chi connectivity index (χ4v) is 3.42. The van der Waals surface area contributed by atoms with Crippen molar-refractivity contribution in [3.8, 4) is 0 Å². The van der Waals surface area contributed by atoms with Gasteiger partial charge in [0.25, 0.3) is 5.91 Å². The highest BCUT2D eigenvalue weighted by molar-refractivity contribution is 6.31. The van der Waals surface area contributed by atoms with Gasteiger partial charge in [0.2, 0.25) is 5.91 Å². The number of piperidine rings is 1. The Bertz CT molecular complexity index is 687.